The fourth-order valence-electron chi connectivity index (χ4n) is 5.81. The third-order valence-electron chi connectivity index (χ3n) is 8.21. The highest BCUT2D eigenvalue weighted by Crippen LogP contribution is 2.49. The molecule has 0 saturated heterocycles. The summed E-state index contributed by atoms with van der Waals surface area (Å²) in [5.41, 5.74) is -4.10. The normalized spacial score (nSPS) is 30.8. The van der Waals surface area contributed by atoms with Crippen LogP contribution in [0.2, 0.25) is 0 Å². The fourth-order valence-corrected chi connectivity index (χ4v) is 5.81. The van der Waals surface area contributed by atoms with E-state index in [-0.39, 0.29) is 17.6 Å². The maximum atomic E-state index is 14.5. The summed E-state index contributed by atoms with van der Waals surface area (Å²) in [6.07, 6.45) is -6.77. The van der Waals surface area contributed by atoms with Crippen molar-refractivity contribution in [1.82, 2.24) is 0 Å². The fraction of sp³-hybridized carbons (Fsp3) is 0.552. The molecule has 0 heterocycles. The first-order valence-electron chi connectivity index (χ1n) is 12.7. The zero-order valence-electron chi connectivity index (χ0n) is 22.2. The van der Waals surface area contributed by atoms with Crippen LogP contribution in [0.1, 0.15) is 58.3 Å². The quantitative estimate of drug-likeness (QED) is 0.418. The lowest BCUT2D eigenvalue weighted by Gasteiger charge is -2.53. The van der Waals surface area contributed by atoms with E-state index in [2.05, 4.69) is 0 Å². The van der Waals surface area contributed by atoms with Gasteiger partial charge in [0.05, 0.1) is 17.8 Å². The molecule has 1 fully saturated rings. The van der Waals surface area contributed by atoms with Crippen LogP contribution in [0.4, 0.5) is 13.2 Å². The average molecular weight is 523 g/mol. The van der Waals surface area contributed by atoms with E-state index in [0.29, 0.717) is 6.42 Å². The highest BCUT2D eigenvalue weighted by molar-refractivity contribution is 5.83. The molecule has 204 valence electrons. The maximum absolute atomic E-state index is 14.5. The van der Waals surface area contributed by atoms with Gasteiger partial charge in [-0.15, -0.1) is 0 Å². The van der Waals surface area contributed by atoms with Gasteiger partial charge in [-0.3, -0.25) is 0 Å². The molecule has 2 aromatic rings. The predicted octanol–water partition coefficient (Wildman–Crippen LogP) is 6.21. The Morgan fingerprint density at radius 1 is 0.973 bits per heavy atom. The van der Waals surface area contributed by atoms with Gasteiger partial charge in [0.1, 0.15) is 6.10 Å². The predicted molar refractivity (Wildman–Crippen MR) is 134 cm³/mol. The van der Waals surface area contributed by atoms with Gasteiger partial charge in [0, 0.05) is 30.4 Å². The summed E-state index contributed by atoms with van der Waals surface area (Å²) in [5.74, 6) is -3.10. The van der Waals surface area contributed by atoms with Gasteiger partial charge >= 0.3 is 12.1 Å². The number of halogens is 3. The van der Waals surface area contributed by atoms with Crippen LogP contribution in [0, 0.1) is 17.8 Å². The number of esters is 1. The largest absolute Gasteiger partial charge is 0.459 e. The summed E-state index contributed by atoms with van der Waals surface area (Å²) in [6, 6.07) is 16.2. The standard InChI is InChI=1S/C29H37F3O5/c1-7-27(34)19(3)24(36-21(5)22-14-10-8-11-15-22)18(2)25(20(27)4)37-26(33)28(35-6,29(30,31)32)23-16-12-9-13-17-23/h8-21,24-25,34H,7H2,1-6H3/t18-,19+,20+,21-,24+,25+,27-,28+/m0/s1. The van der Waals surface area contributed by atoms with Crippen LogP contribution < -0.4 is 0 Å². The lowest BCUT2D eigenvalue weighted by Crippen LogP contribution is -2.63. The summed E-state index contributed by atoms with van der Waals surface area (Å²) in [6.45, 7) is 9.05. The molecule has 0 aromatic heterocycles. The Morgan fingerprint density at radius 2 is 1.49 bits per heavy atom. The van der Waals surface area contributed by atoms with E-state index >= 15 is 0 Å². The van der Waals surface area contributed by atoms with Crippen molar-refractivity contribution in [2.75, 3.05) is 7.11 Å². The van der Waals surface area contributed by atoms with E-state index in [1.54, 1.807) is 26.8 Å². The molecule has 0 amide bonds. The first-order chi connectivity index (χ1) is 17.3. The molecule has 3 rings (SSSR count). The summed E-state index contributed by atoms with van der Waals surface area (Å²) < 4.78 is 60.5. The summed E-state index contributed by atoms with van der Waals surface area (Å²) >= 11 is 0. The molecular weight excluding hydrogens is 485 g/mol. The Bertz CT molecular complexity index is 1030. The second-order valence-electron chi connectivity index (χ2n) is 10.1. The molecule has 0 bridgehead atoms. The van der Waals surface area contributed by atoms with E-state index in [9.17, 15) is 23.1 Å². The number of alkyl halides is 3. The van der Waals surface area contributed by atoms with Crippen molar-refractivity contribution in [3.8, 4) is 0 Å². The number of aliphatic hydroxyl groups is 1. The number of ether oxygens (including phenoxy) is 3. The smallest absolute Gasteiger partial charge is 0.432 e. The Kier molecular flexibility index (Phi) is 8.77. The number of hydrogen-bond donors (Lipinski definition) is 1. The van der Waals surface area contributed by atoms with E-state index in [4.69, 9.17) is 14.2 Å². The molecule has 2 aromatic carbocycles. The summed E-state index contributed by atoms with van der Waals surface area (Å²) in [4.78, 5) is 13.4. The maximum Gasteiger partial charge on any atom is 0.432 e. The van der Waals surface area contributed by atoms with E-state index in [1.165, 1.54) is 24.3 Å². The molecule has 1 saturated carbocycles. The van der Waals surface area contributed by atoms with Crippen molar-refractivity contribution in [1.29, 1.82) is 0 Å². The van der Waals surface area contributed by atoms with Crippen LogP contribution in [0.15, 0.2) is 60.7 Å². The van der Waals surface area contributed by atoms with Gasteiger partial charge in [-0.05, 0) is 18.9 Å². The highest BCUT2D eigenvalue weighted by atomic mass is 19.4. The Hall–Kier alpha value is -2.42. The van der Waals surface area contributed by atoms with Gasteiger partial charge in [0.2, 0.25) is 0 Å². The van der Waals surface area contributed by atoms with Crippen LogP contribution in [0.25, 0.3) is 0 Å². The Morgan fingerprint density at radius 3 is 1.97 bits per heavy atom. The minimum Gasteiger partial charge on any atom is -0.459 e. The minimum absolute atomic E-state index is 0.309. The molecule has 0 spiro atoms. The zero-order chi connectivity index (χ0) is 27.6. The number of rotatable bonds is 8. The van der Waals surface area contributed by atoms with E-state index in [0.717, 1.165) is 12.7 Å². The number of carbonyl (C=O) groups is 1. The third kappa shape index (κ3) is 5.16. The average Bonchev–Trinajstić information content (AvgIpc) is 2.89. The molecule has 1 N–H and O–H groups in total. The van der Waals surface area contributed by atoms with Gasteiger partial charge in [-0.1, -0.05) is 88.4 Å². The van der Waals surface area contributed by atoms with Crippen LogP contribution in [0.3, 0.4) is 0 Å². The van der Waals surface area contributed by atoms with Gasteiger partial charge < -0.3 is 19.3 Å². The van der Waals surface area contributed by atoms with Crippen molar-refractivity contribution in [3.63, 3.8) is 0 Å². The number of carbonyl (C=O) groups excluding carboxylic acids is 1. The molecule has 0 radical (unpaired) electrons. The summed E-state index contributed by atoms with van der Waals surface area (Å²) in [5, 5.41) is 11.7. The van der Waals surface area contributed by atoms with Crippen LogP contribution >= 0.6 is 0 Å². The van der Waals surface area contributed by atoms with Gasteiger partial charge in [0.25, 0.3) is 5.60 Å². The molecule has 8 atom stereocenters. The number of benzene rings is 2. The van der Waals surface area contributed by atoms with Gasteiger partial charge in [0.15, 0.2) is 0 Å². The van der Waals surface area contributed by atoms with Gasteiger partial charge in [-0.25, -0.2) is 4.79 Å². The lowest BCUT2D eigenvalue weighted by molar-refractivity contribution is -0.286. The number of methoxy groups -OCH3 is 1. The molecule has 0 aliphatic heterocycles. The van der Waals surface area contributed by atoms with Crippen molar-refractivity contribution in [2.24, 2.45) is 17.8 Å². The van der Waals surface area contributed by atoms with Crippen molar-refractivity contribution >= 4 is 5.97 Å². The minimum atomic E-state index is -5.09. The molecule has 1 aliphatic carbocycles. The zero-order valence-corrected chi connectivity index (χ0v) is 22.2. The molecule has 5 nitrogen and oxygen atoms in total. The van der Waals surface area contributed by atoms with Crippen LogP contribution in [0.5, 0.6) is 0 Å². The van der Waals surface area contributed by atoms with Crippen molar-refractivity contribution in [2.45, 2.75) is 76.7 Å². The molecule has 8 heteroatoms. The van der Waals surface area contributed by atoms with Crippen molar-refractivity contribution < 1.29 is 37.3 Å². The first kappa shape index (κ1) is 29.1. The van der Waals surface area contributed by atoms with E-state index < -0.39 is 47.4 Å². The SMILES string of the molecule is CC[C@@]1(O)[C@H](C)[C@H](OC(=O)[C@](OC)(c2ccccc2)C(F)(F)F)[C@@H](C)[C@@H](O[C@@H](C)c2ccccc2)[C@H]1C. The molecular formula is C29H37F3O5. The Balaban J connectivity index is 1.99. The Labute approximate surface area is 216 Å². The summed E-state index contributed by atoms with van der Waals surface area (Å²) in [7, 11) is 0.841. The topological polar surface area (TPSA) is 65.0 Å². The van der Waals surface area contributed by atoms with Crippen LogP contribution in [-0.2, 0) is 24.6 Å². The molecule has 0 unspecified atom stereocenters. The second-order valence-corrected chi connectivity index (χ2v) is 10.1. The van der Waals surface area contributed by atoms with Crippen molar-refractivity contribution in [3.05, 3.63) is 71.8 Å². The highest BCUT2D eigenvalue weighted by Gasteiger charge is 2.65. The second kappa shape index (κ2) is 11.1. The van der Waals surface area contributed by atoms with Gasteiger partial charge in [-0.2, -0.15) is 13.2 Å². The lowest BCUT2D eigenvalue weighted by atomic mass is 9.62. The first-order valence-corrected chi connectivity index (χ1v) is 12.7. The number of hydrogen-bond acceptors (Lipinski definition) is 5. The third-order valence-corrected chi connectivity index (χ3v) is 8.21. The molecule has 37 heavy (non-hydrogen) atoms. The molecule has 1 aliphatic rings. The van der Waals surface area contributed by atoms with E-state index in [1.807, 2.05) is 44.2 Å². The van der Waals surface area contributed by atoms with Crippen LogP contribution in [-0.4, -0.2) is 42.2 Å². The monoisotopic (exact) mass is 522 g/mol.